The van der Waals surface area contributed by atoms with Crippen LogP contribution in [0.4, 0.5) is 16.0 Å². The number of sulfonamides is 1. The maximum absolute atomic E-state index is 15.1. The number of fused-ring (bicyclic) bond motifs is 1. The Morgan fingerprint density at radius 1 is 1.12 bits per heavy atom. The Labute approximate surface area is 250 Å². The van der Waals surface area contributed by atoms with Crippen molar-refractivity contribution in [1.29, 1.82) is 0 Å². The second-order valence-electron chi connectivity index (χ2n) is 11.2. The van der Waals surface area contributed by atoms with Gasteiger partial charge in [-0.15, -0.1) is 0 Å². The molecule has 5 rings (SSSR count). The Hall–Kier alpha value is -3.54. The van der Waals surface area contributed by atoms with Gasteiger partial charge in [-0.1, -0.05) is 32.9 Å². The summed E-state index contributed by atoms with van der Waals surface area (Å²) >= 11 is 6.30. The van der Waals surface area contributed by atoms with Crippen molar-refractivity contribution in [3.63, 3.8) is 0 Å². The van der Waals surface area contributed by atoms with E-state index in [0.717, 1.165) is 25.1 Å². The molecular formula is C30H34ClFN6O3S. The van der Waals surface area contributed by atoms with Crippen molar-refractivity contribution in [3.05, 3.63) is 66.2 Å². The lowest BCUT2D eigenvalue weighted by Gasteiger charge is -2.28. The molecule has 1 aliphatic rings. The molecule has 222 valence electrons. The predicted octanol–water partition coefficient (Wildman–Crippen LogP) is 6.29. The van der Waals surface area contributed by atoms with Crippen molar-refractivity contribution in [2.45, 2.75) is 40.2 Å². The number of rotatable bonds is 9. The highest BCUT2D eigenvalue weighted by molar-refractivity contribution is 7.94. The first-order chi connectivity index (χ1) is 20.0. The Kier molecular flexibility index (Phi) is 8.81. The molecule has 4 aromatic rings. The van der Waals surface area contributed by atoms with Crippen molar-refractivity contribution in [2.75, 3.05) is 28.0 Å². The van der Waals surface area contributed by atoms with Crippen molar-refractivity contribution in [1.82, 2.24) is 20.3 Å². The predicted molar refractivity (Wildman–Crippen MR) is 165 cm³/mol. The van der Waals surface area contributed by atoms with Gasteiger partial charge < -0.3 is 15.4 Å². The molecule has 0 saturated carbocycles. The normalized spacial score (nSPS) is 17.4. The molecule has 2 aromatic carbocycles. The van der Waals surface area contributed by atoms with Crippen LogP contribution in [0.1, 0.15) is 32.8 Å². The van der Waals surface area contributed by atoms with Crippen molar-refractivity contribution >= 4 is 44.2 Å². The van der Waals surface area contributed by atoms with Gasteiger partial charge in [0, 0.05) is 47.5 Å². The molecule has 1 aliphatic heterocycles. The smallest absolute Gasteiger partial charge is 0.249 e. The topological polar surface area (TPSA) is 109 Å². The van der Waals surface area contributed by atoms with Crippen LogP contribution in [0.5, 0.6) is 11.6 Å². The van der Waals surface area contributed by atoms with Gasteiger partial charge in [0.25, 0.3) is 0 Å². The minimum Gasteiger partial charge on any atom is -0.437 e. The SMILES string of the molecule is Cc1ccc2c(N(Cl)S(=O)(=O)CC(C)C)c(F)ccc2c1Oc1ncccc1-c1ccnc(N[C@@H]2CNC[C@@H](C)C2)n1. The van der Waals surface area contributed by atoms with Gasteiger partial charge in [0.05, 0.1) is 17.0 Å². The summed E-state index contributed by atoms with van der Waals surface area (Å²) in [6, 6.07) is 11.7. The average molecular weight is 613 g/mol. The second kappa shape index (κ2) is 12.4. The highest BCUT2D eigenvalue weighted by atomic mass is 35.5. The molecule has 0 unspecified atom stereocenters. The Morgan fingerprint density at radius 3 is 2.67 bits per heavy atom. The summed E-state index contributed by atoms with van der Waals surface area (Å²) in [6.07, 6.45) is 4.31. The summed E-state index contributed by atoms with van der Waals surface area (Å²) in [4.78, 5) is 13.6. The maximum atomic E-state index is 15.1. The summed E-state index contributed by atoms with van der Waals surface area (Å²) in [5, 5.41) is 7.62. The zero-order valence-corrected chi connectivity index (χ0v) is 25.5. The minimum absolute atomic E-state index is 0.196. The fraction of sp³-hybridized carbons (Fsp3) is 0.367. The van der Waals surface area contributed by atoms with Gasteiger partial charge >= 0.3 is 0 Å². The van der Waals surface area contributed by atoms with E-state index < -0.39 is 15.8 Å². The van der Waals surface area contributed by atoms with Gasteiger partial charge in [0.15, 0.2) is 0 Å². The van der Waals surface area contributed by atoms with Crippen LogP contribution in [0.3, 0.4) is 0 Å². The molecule has 42 heavy (non-hydrogen) atoms. The summed E-state index contributed by atoms with van der Waals surface area (Å²) in [7, 11) is -3.99. The van der Waals surface area contributed by atoms with Crippen LogP contribution in [0.25, 0.3) is 22.0 Å². The van der Waals surface area contributed by atoms with Gasteiger partial charge in [0.1, 0.15) is 17.3 Å². The van der Waals surface area contributed by atoms with E-state index in [1.165, 1.54) is 6.07 Å². The Balaban J connectivity index is 1.52. The van der Waals surface area contributed by atoms with Gasteiger partial charge in [-0.05, 0) is 67.6 Å². The van der Waals surface area contributed by atoms with E-state index in [9.17, 15) is 8.42 Å². The number of aromatic nitrogens is 3. The fourth-order valence-corrected chi connectivity index (χ4v) is 6.95. The standard InChI is InChI=1S/C30H34ClFN6O3S/c1-18(2)17-42(39,40)38(31)27-22-8-7-20(4)28(23(22)9-10-25(27)32)41-29-24(6-5-12-34-29)26-11-13-35-30(37-26)36-21-14-19(3)15-33-16-21/h5-13,18-19,21,33H,14-17H2,1-4H3,(H,35,36,37)/t19-,21-/m0/s1. The van der Waals surface area contributed by atoms with Crippen LogP contribution < -0.4 is 19.2 Å². The molecule has 12 heteroatoms. The van der Waals surface area contributed by atoms with E-state index in [4.69, 9.17) is 21.5 Å². The van der Waals surface area contributed by atoms with Crippen molar-refractivity contribution in [2.24, 2.45) is 11.8 Å². The van der Waals surface area contributed by atoms with Gasteiger partial charge in [-0.3, -0.25) is 0 Å². The number of halogens is 2. The minimum atomic E-state index is -3.99. The molecule has 1 saturated heterocycles. The lowest BCUT2D eigenvalue weighted by molar-refractivity contribution is 0.377. The summed E-state index contributed by atoms with van der Waals surface area (Å²) in [5.41, 5.74) is 1.74. The van der Waals surface area contributed by atoms with Crippen LogP contribution >= 0.6 is 11.8 Å². The monoisotopic (exact) mass is 612 g/mol. The van der Waals surface area contributed by atoms with E-state index >= 15 is 4.39 Å². The van der Waals surface area contributed by atoms with Crippen molar-refractivity contribution < 1.29 is 17.5 Å². The molecule has 2 aromatic heterocycles. The molecule has 0 spiro atoms. The molecule has 0 radical (unpaired) electrons. The van der Waals surface area contributed by atoms with Crippen LogP contribution in [0, 0.1) is 24.6 Å². The number of piperidine rings is 1. The number of pyridine rings is 1. The number of hydrogen-bond acceptors (Lipinski definition) is 8. The Morgan fingerprint density at radius 2 is 1.90 bits per heavy atom. The largest absolute Gasteiger partial charge is 0.437 e. The van der Waals surface area contributed by atoms with Crippen molar-refractivity contribution in [3.8, 4) is 22.9 Å². The lowest BCUT2D eigenvalue weighted by Crippen LogP contribution is -2.42. The molecule has 2 atom stereocenters. The van der Waals surface area contributed by atoms with Crippen LogP contribution in [0.15, 0.2) is 54.9 Å². The van der Waals surface area contributed by atoms with E-state index in [1.807, 2.05) is 13.0 Å². The van der Waals surface area contributed by atoms with Gasteiger partial charge in [-0.25, -0.2) is 27.8 Å². The van der Waals surface area contributed by atoms with E-state index in [2.05, 4.69) is 27.5 Å². The molecule has 0 aliphatic carbocycles. The molecule has 0 amide bonds. The zero-order valence-electron chi connectivity index (χ0n) is 23.9. The lowest BCUT2D eigenvalue weighted by atomic mass is 9.98. The fourth-order valence-electron chi connectivity index (χ4n) is 5.18. The van der Waals surface area contributed by atoms with E-state index in [1.54, 1.807) is 56.6 Å². The first-order valence-electron chi connectivity index (χ1n) is 13.9. The molecular weight excluding hydrogens is 579 g/mol. The number of nitrogens with one attached hydrogen (secondary N) is 2. The highest BCUT2D eigenvalue weighted by Crippen LogP contribution is 2.41. The van der Waals surface area contributed by atoms with E-state index in [-0.39, 0.29) is 29.3 Å². The molecule has 3 heterocycles. The maximum Gasteiger partial charge on any atom is 0.249 e. The number of ether oxygens (including phenoxy) is 1. The molecule has 0 bridgehead atoms. The quantitative estimate of drug-likeness (QED) is 0.212. The molecule has 1 fully saturated rings. The van der Waals surface area contributed by atoms with Gasteiger partial charge in [-0.2, -0.15) is 3.82 Å². The summed E-state index contributed by atoms with van der Waals surface area (Å²) in [5.74, 6) is 0.554. The number of nitrogens with zero attached hydrogens (tertiary/aromatic N) is 4. The molecule has 2 N–H and O–H groups in total. The first-order valence-corrected chi connectivity index (χ1v) is 15.8. The number of aryl methyl sites for hydroxylation is 1. The Bertz CT molecular complexity index is 1700. The number of anilines is 2. The number of benzene rings is 2. The second-order valence-corrected chi connectivity index (χ2v) is 13.6. The third-order valence-electron chi connectivity index (χ3n) is 7.04. The summed E-state index contributed by atoms with van der Waals surface area (Å²) < 4.78 is 47.9. The first kappa shape index (κ1) is 29.9. The van der Waals surface area contributed by atoms with Gasteiger partial charge in [0.2, 0.25) is 21.9 Å². The summed E-state index contributed by atoms with van der Waals surface area (Å²) in [6.45, 7) is 9.39. The molecule has 9 nitrogen and oxygen atoms in total. The zero-order chi connectivity index (χ0) is 30.0. The van der Waals surface area contributed by atoms with Crippen LogP contribution in [-0.4, -0.2) is 48.3 Å². The van der Waals surface area contributed by atoms with E-state index in [0.29, 0.717) is 43.5 Å². The highest BCUT2D eigenvalue weighted by Gasteiger charge is 2.28. The third kappa shape index (κ3) is 6.43. The number of hydrogen-bond donors (Lipinski definition) is 2. The third-order valence-corrected chi connectivity index (χ3v) is 9.60. The van der Waals surface area contributed by atoms with Crippen LogP contribution in [-0.2, 0) is 10.0 Å². The average Bonchev–Trinajstić information content (AvgIpc) is 2.94. The van der Waals surface area contributed by atoms with Crippen LogP contribution in [0.2, 0.25) is 0 Å².